The van der Waals surface area contributed by atoms with E-state index in [1.807, 2.05) is 23.1 Å². The van der Waals surface area contributed by atoms with Gasteiger partial charge in [0.25, 0.3) is 0 Å². The van der Waals surface area contributed by atoms with Gasteiger partial charge in [-0.2, -0.15) is 5.10 Å². The van der Waals surface area contributed by atoms with Gasteiger partial charge in [-0.1, -0.05) is 28.1 Å². The molecule has 1 aliphatic rings. The van der Waals surface area contributed by atoms with Crippen molar-refractivity contribution in [3.63, 3.8) is 0 Å². The van der Waals surface area contributed by atoms with E-state index in [0.717, 1.165) is 69.0 Å². The zero-order valence-corrected chi connectivity index (χ0v) is 21.0. The molecular formula is C21H32BrIN6. The number of halogens is 2. The molecule has 0 unspecified atom stereocenters. The van der Waals surface area contributed by atoms with Gasteiger partial charge in [0.05, 0.1) is 0 Å². The number of nitrogens with one attached hydrogen (secondary N) is 2. The Kier molecular flexibility index (Phi) is 11.0. The van der Waals surface area contributed by atoms with E-state index < -0.39 is 0 Å². The van der Waals surface area contributed by atoms with Gasteiger partial charge in [-0.3, -0.25) is 14.6 Å². The molecule has 3 rings (SSSR count). The van der Waals surface area contributed by atoms with E-state index in [0.29, 0.717) is 6.04 Å². The first-order chi connectivity index (χ1) is 13.7. The van der Waals surface area contributed by atoms with Gasteiger partial charge in [-0.05, 0) is 49.9 Å². The van der Waals surface area contributed by atoms with Crippen molar-refractivity contribution in [2.75, 3.05) is 26.2 Å². The van der Waals surface area contributed by atoms with Gasteiger partial charge in [-0.25, -0.2) is 0 Å². The molecule has 0 bridgehead atoms. The second kappa shape index (κ2) is 13.2. The molecule has 0 aliphatic carbocycles. The molecule has 6 nitrogen and oxygen atoms in total. The molecule has 0 amide bonds. The first kappa shape index (κ1) is 24.1. The largest absolute Gasteiger partial charge is 0.357 e. The van der Waals surface area contributed by atoms with Gasteiger partial charge in [-0.15, -0.1) is 24.0 Å². The average molecular weight is 575 g/mol. The smallest absolute Gasteiger partial charge is 0.191 e. The number of aliphatic imine (C=N–C) groups is 1. The van der Waals surface area contributed by atoms with E-state index >= 15 is 0 Å². The minimum atomic E-state index is 0. The first-order valence-corrected chi connectivity index (χ1v) is 11.0. The van der Waals surface area contributed by atoms with E-state index in [4.69, 9.17) is 4.99 Å². The second-order valence-corrected chi connectivity index (χ2v) is 8.12. The van der Waals surface area contributed by atoms with Crippen LogP contribution in [0.1, 0.15) is 31.7 Å². The molecule has 2 aromatic rings. The van der Waals surface area contributed by atoms with E-state index in [9.17, 15) is 0 Å². The second-order valence-electron chi connectivity index (χ2n) is 7.20. The standard InChI is InChI=1S/C21H31BrN6.HI/c1-2-23-21(24-11-3-13-28-14-4-12-25-28)26-20-9-15-27(16-10-20)17-18-5-7-19(22)8-6-18;/h4-8,12,14,20H,2-3,9-11,13,15-17H2,1H3,(H2,23,24,26);1H. The summed E-state index contributed by atoms with van der Waals surface area (Å²) in [5, 5.41) is 11.2. The molecule has 0 atom stereocenters. The molecule has 1 aliphatic heterocycles. The normalized spacial score (nSPS) is 15.7. The monoisotopic (exact) mass is 574 g/mol. The lowest BCUT2D eigenvalue weighted by molar-refractivity contribution is 0.198. The number of benzene rings is 1. The fourth-order valence-corrected chi connectivity index (χ4v) is 3.72. The third-order valence-corrected chi connectivity index (χ3v) is 5.50. The fraction of sp³-hybridized carbons (Fsp3) is 0.524. The number of likely N-dealkylation sites (tertiary alicyclic amines) is 1. The van der Waals surface area contributed by atoms with Crippen molar-refractivity contribution in [2.24, 2.45) is 4.99 Å². The molecule has 0 saturated carbocycles. The Morgan fingerprint density at radius 3 is 2.66 bits per heavy atom. The Morgan fingerprint density at radius 2 is 2.00 bits per heavy atom. The predicted octanol–water partition coefficient (Wildman–Crippen LogP) is 3.87. The molecule has 0 spiro atoms. The van der Waals surface area contributed by atoms with Gasteiger partial charge < -0.3 is 10.6 Å². The van der Waals surface area contributed by atoms with Crippen molar-refractivity contribution in [1.82, 2.24) is 25.3 Å². The van der Waals surface area contributed by atoms with Crippen LogP contribution in [0.4, 0.5) is 0 Å². The maximum Gasteiger partial charge on any atom is 0.191 e. The number of aryl methyl sites for hydroxylation is 1. The quantitative estimate of drug-likeness (QED) is 0.217. The summed E-state index contributed by atoms with van der Waals surface area (Å²) >= 11 is 3.50. The predicted molar refractivity (Wildman–Crippen MR) is 134 cm³/mol. The van der Waals surface area contributed by atoms with Crippen molar-refractivity contribution in [3.8, 4) is 0 Å². The summed E-state index contributed by atoms with van der Waals surface area (Å²) in [5.74, 6) is 0.939. The topological polar surface area (TPSA) is 57.5 Å². The van der Waals surface area contributed by atoms with Gasteiger partial charge >= 0.3 is 0 Å². The number of aromatic nitrogens is 2. The fourth-order valence-electron chi connectivity index (χ4n) is 3.45. The molecule has 29 heavy (non-hydrogen) atoms. The summed E-state index contributed by atoms with van der Waals surface area (Å²) in [6.45, 7) is 7.97. The highest BCUT2D eigenvalue weighted by Crippen LogP contribution is 2.16. The molecule has 0 radical (unpaired) electrons. The van der Waals surface area contributed by atoms with E-state index in [1.54, 1.807) is 0 Å². The Bertz CT molecular complexity index is 711. The van der Waals surface area contributed by atoms with Crippen molar-refractivity contribution >= 4 is 45.9 Å². The number of nitrogens with zero attached hydrogens (tertiary/aromatic N) is 4. The summed E-state index contributed by atoms with van der Waals surface area (Å²) in [4.78, 5) is 7.27. The van der Waals surface area contributed by atoms with Crippen LogP contribution in [0.25, 0.3) is 0 Å². The minimum absolute atomic E-state index is 0. The molecule has 160 valence electrons. The summed E-state index contributed by atoms with van der Waals surface area (Å²) in [6, 6.07) is 11.1. The van der Waals surface area contributed by atoms with Gasteiger partial charge in [0.1, 0.15) is 0 Å². The number of piperidine rings is 1. The first-order valence-electron chi connectivity index (χ1n) is 10.2. The zero-order chi connectivity index (χ0) is 19.6. The van der Waals surface area contributed by atoms with Crippen LogP contribution in [-0.4, -0.2) is 52.9 Å². The Morgan fingerprint density at radius 1 is 1.24 bits per heavy atom. The summed E-state index contributed by atoms with van der Waals surface area (Å²) in [7, 11) is 0. The van der Waals surface area contributed by atoms with E-state index in [2.05, 4.69) is 67.8 Å². The Labute approximate surface area is 199 Å². The average Bonchev–Trinajstić information content (AvgIpc) is 3.22. The molecule has 1 aromatic heterocycles. The highest BCUT2D eigenvalue weighted by molar-refractivity contribution is 14.0. The van der Waals surface area contributed by atoms with Crippen molar-refractivity contribution in [1.29, 1.82) is 0 Å². The lowest BCUT2D eigenvalue weighted by Gasteiger charge is -2.33. The maximum atomic E-state index is 4.74. The number of guanidine groups is 1. The van der Waals surface area contributed by atoms with Crippen molar-refractivity contribution in [2.45, 2.75) is 45.3 Å². The molecule has 8 heteroatoms. The number of hydrogen-bond donors (Lipinski definition) is 2. The van der Waals surface area contributed by atoms with Crippen LogP contribution in [0.15, 0.2) is 52.2 Å². The van der Waals surface area contributed by atoms with Crippen molar-refractivity contribution in [3.05, 3.63) is 52.8 Å². The number of hydrogen-bond acceptors (Lipinski definition) is 3. The summed E-state index contributed by atoms with van der Waals surface area (Å²) < 4.78 is 3.09. The molecule has 2 N–H and O–H groups in total. The van der Waals surface area contributed by atoms with E-state index in [-0.39, 0.29) is 24.0 Å². The van der Waals surface area contributed by atoms with Gasteiger partial charge in [0, 0.05) is 62.2 Å². The van der Waals surface area contributed by atoms with Crippen LogP contribution in [-0.2, 0) is 13.1 Å². The lowest BCUT2D eigenvalue weighted by atomic mass is 10.0. The highest BCUT2D eigenvalue weighted by atomic mass is 127. The maximum absolute atomic E-state index is 4.74. The van der Waals surface area contributed by atoms with Crippen molar-refractivity contribution < 1.29 is 0 Å². The lowest BCUT2D eigenvalue weighted by Crippen LogP contribution is -2.48. The highest BCUT2D eigenvalue weighted by Gasteiger charge is 2.20. The number of rotatable bonds is 8. The minimum Gasteiger partial charge on any atom is -0.357 e. The molecule has 1 fully saturated rings. The van der Waals surface area contributed by atoms with Gasteiger partial charge in [0.2, 0.25) is 0 Å². The molecule has 2 heterocycles. The Balaban J connectivity index is 0.00000300. The van der Waals surface area contributed by atoms with Crippen LogP contribution in [0, 0.1) is 0 Å². The Hall–Kier alpha value is -1.13. The van der Waals surface area contributed by atoms with Gasteiger partial charge in [0.15, 0.2) is 5.96 Å². The van der Waals surface area contributed by atoms with Crippen LogP contribution < -0.4 is 10.6 Å². The van der Waals surface area contributed by atoms with Crippen LogP contribution in [0.3, 0.4) is 0 Å². The molecule has 1 aromatic carbocycles. The SMILES string of the molecule is CCNC(=NCCCn1cccn1)NC1CCN(Cc2ccc(Br)cc2)CC1.I. The van der Waals surface area contributed by atoms with Crippen LogP contribution >= 0.6 is 39.9 Å². The van der Waals surface area contributed by atoms with Crippen LogP contribution in [0.5, 0.6) is 0 Å². The summed E-state index contributed by atoms with van der Waals surface area (Å²) in [5.41, 5.74) is 1.38. The summed E-state index contributed by atoms with van der Waals surface area (Å²) in [6.07, 6.45) is 7.10. The van der Waals surface area contributed by atoms with Crippen LogP contribution in [0.2, 0.25) is 0 Å². The zero-order valence-electron chi connectivity index (χ0n) is 17.1. The molecular weight excluding hydrogens is 543 g/mol. The third kappa shape index (κ3) is 8.64. The molecule has 1 saturated heterocycles. The third-order valence-electron chi connectivity index (χ3n) is 4.97. The van der Waals surface area contributed by atoms with E-state index in [1.165, 1.54) is 5.56 Å².